The van der Waals surface area contributed by atoms with E-state index >= 15 is 4.39 Å². The third kappa shape index (κ3) is 5.81. The molecule has 1 aliphatic carbocycles. The van der Waals surface area contributed by atoms with Crippen LogP contribution in [0.25, 0.3) is 0 Å². The average Bonchev–Trinajstić information content (AvgIpc) is 3.21. The zero-order valence-corrected chi connectivity index (χ0v) is 25.8. The lowest BCUT2D eigenvalue weighted by atomic mass is 9.67. The summed E-state index contributed by atoms with van der Waals surface area (Å²) in [5.74, 6) is -3.12. The summed E-state index contributed by atoms with van der Waals surface area (Å²) in [6.45, 7) is 3.89. The number of alkyl halides is 3. The Kier molecular flexibility index (Phi) is 8.03. The lowest BCUT2D eigenvalue weighted by Crippen LogP contribution is -2.57. The minimum Gasteiger partial charge on any atom is -0.495 e. The number of anilines is 2. The predicted molar refractivity (Wildman–Crippen MR) is 160 cm³/mol. The lowest BCUT2D eigenvalue weighted by molar-refractivity contribution is -0.139. The maximum atomic E-state index is 15.3. The second-order valence-electron chi connectivity index (χ2n) is 12.4. The molecule has 1 saturated heterocycles. The van der Waals surface area contributed by atoms with Crippen molar-refractivity contribution in [1.82, 2.24) is 25.1 Å². The Morgan fingerprint density at radius 1 is 1.11 bits per heavy atom. The van der Waals surface area contributed by atoms with E-state index in [2.05, 4.69) is 32.5 Å². The quantitative estimate of drug-likeness (QED) is 0.306. The van der Waals surface area contributed by atoms with Crippen molar-refractivity contribution in [2.75, 3.05) is 39.6 Å². The average molecular weight is 643 g/mol. The Balaban J connectivity index is 1.23. The van der Waals surface area contributed by atoms with Gasteiger partial charge in [0, 0.05) is 38.4 Å². The molecule has 0 radical (unpaired) electrons. The second-order valence-corrected chi connectivity index (χ2v) is 12.4. The molecule has 1 spiro atoms. The molecule has 2 fully saturated rings. The number of likely N-dealkylation sites (tertiary alicyclic amines) is 1. The van der Waals surface area contributed by atoms with Crippen molar-refractivity contribution in [2.45, 2.75) is 50.9 Å². The summed E-state index contributed by atoms with van der Waals surface area (Å²) < 4.78 is 68.2. The molecular formula is C32H34F4N6O4. The highest BCUT2D eigenvalue weighted by Crippen LogP contribution is 2.44. The first kappa shape index (κ1) is 31.5. The number of nitrogens with zero attached hydrogens (tertiary/aromatic N) is 4. The molecule has 1 atom stereocenters. The molecule has 3 aliphatic rings. The topological polar surface area (TPSA) is 109 Å². The van der Waals surface area contributed by atoms with E-state index in [0.717, 1.165) is 44.8 Å². The number of carbonyl (C=O) groups is 2. The van der Waals surface area contributed by atoms with Crippen LogP contribution in [0.2, 0.25) is 0 Å². The summed E-state index contributed by atoms with van der Waals surface area (Å²) in [4.78, 5) is 37.3. The maximum absolute atomic E-state index is 15.3. The van der Waals surface area contributed by atoms with E-state index in [4.69, 9.17) is 9.47 Å². The molecule has 0 bridgehead atoms. The standard InChI is InChI=1S/C32H34F4N6O4/c1-17-19-6-5-7-24(26(19)29(44)42(17)3)46-28-21(32(34,35)36)14-37-30(40-28)39-23-13-22(33)20(12-25(23)45-4)27(43)38-18-8-10-31(11-9-18)15-41(2)16-31/h5-7,12-14,17-18H,8-11,15-16H2,1-4H3,(H,38,43)(H,37,39,40). The molecular weight excluding hydrogens is 608 g/mol. The Hall–Kier alpha value is -4.46. The number of ether oxygens (including phenoxy) is 2. The maximum Gasteiger partial charge on any atom is 0.423 e. The van der Waals surface area contributed by atoms with Crippen LogP contribution in [-0.4, -0.2) is 71.9 Å². The normalized spacial score (nSPS) is 19.5. The molecule has 2 N–H and O–H groups in total. The molecule has 10 nitrogen and oxygen atoms in total. The van der Waals surface area contributed by atoms with Crippen molar-refractivity contribution in [3.63, 3.8) is 0 Å². The van der Waals surface area contributed by atoms with E-state index in [9.17, 15) is 22.8 Å². The summed E-state index contributed by atoms with van der Waals surface area (Å²) in [6.07, 6.45) is -0.743. The number of benzene rings is 2. The van der Waals surface area contributed by atoms with Gasteiger partial charge in [-0.3, -0.25) is 9.59 Å². The van der Waals surface area contributed by atoms with Gasteiger partial charge in [-0.25, -0.2) is 9.37 Å². The zero-order valence-electron chi connectivity index (χ0n) is 25.8. The van der Waals surface area contributed by atoms with E-state index < -0.39 is 35.3 Å². The van der Waals surface area contributed by atoms with Gasteiger partial charge in [-0.2, -0.15) is 18.2 Å². The molecule has 6 rings (SSSR count). The minimum atomic E-state index is -4.88. The van der Waals surface area contributed by atoms with E-state index in [1.54, 1.807) is 26.1 Å². The van der Waals surface area contributed by atoms with Crippen LogP contribution in [0.4, 0.5) is 29.2 Å². The number of hydrogen-bond acceptors (Lipinski definition) is 8. The SMILES string of the molecule is COc1cc(C(=O)NC2CCC3(CC2)CN(C)C3)c(F)cc1Nc1ncc(C(F)(F)F)c(Oc2cccc3c2C(=O)N(C)C3C)n1. The molecule has 244 valence electrons. The molecule has 2 aromatic carbocycles. The van der Waals surface area contributed by atoms with Crippen LogP contribution in [0.15, 0.2) is 36.5 Å². The molecule has 14 heteroatoms. The van der Waals surface area contributed by atoms with Crippen molar-refractivity contribution < 1.29 is 36.6 Å². The van der Waals surface area contributed by atoms with E-state index in [1.165, 1.54) is 24.1 Å². The fourth-order valence-electron chi connectivity index (χ4n) is 6.74. The number of carbonyl (C=O) groups excluding carboxylic acids is 2. The van der Waals surface area contributed by atoms with Crippen molar-refractivity contribution >= 4 is 23.5 Å². The Morgan fingerprint density at radius 3 is 2.48 bits per heavy atom. The van der Waals surface area contributed by atoms with Gasteiger partial charge >= 0.3 is 6.18 Å². The fraction of sp³-hybridized carbons (Fsp3) is 0.438. The number of halogens is 4. The summed E-state index contributed by atoms with van der Waals surface area (Å²) in [7, 11) is 4.98. The molecule has 2 aliphatic heterocycles. The fourth-order valence-corrected chi connectivity index (χ4v) is 6.74. The summed E-state index contributed by atoms with van der Waals surface area (Å²) in [5, 5.41) is 5.60. The van der Waals surface area contributed by atoms with Crippen molar-refractivity contribution in [3.8, 4) is 17.4 Å². The van der Waals surface area contributed by atoms with Crippen molar-refractivity contribution in [1.29, 1.82) is 0 Å². The monoisotopic (exact) mass is 642 g/mol. The van der Waals surface area contributed by atoms with Crippen LogP contribution >= 0.6 is 0 Å². The van der Waals surface area contributed by atoms with Gasteiger partial charge in [0.15, 0.2) is 0 Å². The molecule has 3 heterocycles. The smallest absolute Gasteiger partial charge is 0.423 e. The summed E-state index contributed by atoms with van der Waals surface area (Å²) in [5.41, 5.74) is -0.469. The lowest BCUT2D eigenvalue weighted by Gasteiger charge is -2.52. The van der Waals surface area contributed by atoms with Crippen LogP contribution < -0.4 is 20.1 Å². The molecule has 3 aromatic rings. The number of nitrogens with one attached hydrogen (secondary N) is 2. The van der Waals surface area contributed by atoms with Gasteiger partial charge in [0.1, 0.15) is 22.9 Å². The number of fused-ring (bicyclic) bond motifs is 1. The number of aromatic nitrogens is 2. The van der Waals surface area contributed by atoms with Crippen LogP contribution in [0, 0.1) is 11.2 Å². The van der Waals surface area contributed by atoms with Gasteiger partial charge in [0.2, 0.25) is 11.8 Å². The molecule has 1 saturated carbocycles. The number of hydrogen-bond donors (Lipinski definition) is 2. The second kappa shape index (κ2) is 11.7. The third-order valence-corrected chi connectivity index (χ3v) is 9.26. The zero-order chi connectivity index (χ0) is 33.0. The van der Waals surface area contributed by atoms with E-state index in [1.807, 2.05) is 0 Å². The van der Waals surface area contributed by atoms with Crippen LogP contribution in [-0.2, 0) is 6.18 Å². The van der Waals surface area contributed by atoms with Gasteiger partial charge in [-0.15, -0.1) is 0 Å². The first-order valence-corrected chi connectivity index (χ1v) is 14.9. The highest BCUT2D eigenvalue weighted by molar-refractivity contribution is 6.01. The van der Waals surface area contributed by atoms with Crippen molar-refractivity contribution in [3.05, 3.63) is 64.6 Å². The molecule has 1 unspecified atom stereocenters. The summed E-state index contributed by atoms with van der Waals surface area (Å²) >= 11 is 0. The van der Waals surface area contributed by atoms with Gasteiger partial charge in [0.25, 0.3) is 11.8 Å². The van der Waals surface area contributed by atoms with Crippen LogP contribution in [0.3, 0.4) is 0 Å². The molecule has 1 aromatic heterocycles. The highest BCUT2D eigenvalue weighted by Gasteiger charge is 2.44. The molecule has 46 heavy (non-hydrogen) atoms. The van der Waals surface area contributed by atoms with Gasteiger partial charge in [-0.1, -0.05) is 12.1 Å². The Labute approximate surface area is 263 Å². The first-order chi connectivity index (χ1) is 21.8. The summed E-state index contributed by atoms with van der Waals surface area (Å²) in [6, 6.07) is 6.51. The Bertz CT molecular complexity index is 1680. The van der Waals surface area contributed by atoms with Crippen LogP contribution in [0.1, 0.15) is 70.5 Å². The van der Waals surface area contributed by atoms with Gasteiger partial charge < -0.3 is 29.9 Å². The first-order valence-electron chi connectivity index (χ1n) is 14.9. The third-order valence-electron chi connectivity index (χ3n) is 9.26. The van der Waals surface area contributed by atoms with Crippen molar-refractivity contribution in [2.24, 2.45) is 5.41 Å². The molecule has 2 amide bonds. The minimum absolute atomic E-state index is 0.0257. The highest BCUT2D eigenvalue weighted by atomic mass is 19.4. The number of amides is 2. The van der Waals surface area contributed by atoms with E-state index in [0.29, 0.717) is 17.2 Å². The number of methoxy groups -OCH3 is 1. The predicted octanol–water partition coefficient (Wildman–Crippen LogP) is 5.93. The van der Waals surface area contributed by atoms with E-state index in [-0.39, 0.29) is 46.3 Å². The largest absolute Gasteiger partial charge is 0.495 e. The Morgan fingerprint density at radius 2 is 1.83 bits per heavy atom. The van der Waals surface area contributed by atoms with Crippen LogP contribution in [0.5, 0.6) is 17.4 Å². The number of rotatable bonds is 7. The van der Waals surface area contributed by atoms with Gasteiger partial charge in [-0.05, 0) is 62.8 Å². The van der Waals surface area contributed by atoms with Gasteiger partial charge in [0.05, 0.1) is 30.0 Å².